The SMILES string of the molecule is CCOC(=O)C1=C(CN2CCCc3cc(C)ccc32)NC(=O)NC1CC. The standard InChI is InChI=1S/C20H27N3O3/c1-4-15-18(19(24)26-5-2)16(22-20(25)21-15)12-23-10-6-7-14-11-13(3)8-9-17(14)23/h8-9,11,15H,4-7,10,12H2,1-3H3,(H2,21,22,25). The molecule has 0 aliphatic carbocycles. The number of nitrogens with zero attached hydrogens (tertiary/aromatic N) is 1. The van der Waals surface area contributed by atoms with Gasteiger partial charge in [-0.05, 0) is 44.7 Å². The van der Waals surface area contributed by atoms with E-state index < -0.39 is 0 Å². The number of benzene rings is 1. The summed E-state index contributed by atoms with van der Waals surface area (Å²) in [6, 6.07) is 5.88. The highest BCUT2D eigenvalue weighted by Gasteiger charge is 2.32. The first-order chi connectivity index (χ1) is 12.5. The third kappa shape index (κ3) is 3.69. The van der Waals surface area contributed by atoms with E-state index in [0.717, 1.165) is 19.4 Å². The van der Waals surface area contributed by atoms with E-state index in [1.165, 1.54) is 16.8 Å². The number of aryl methyl sites for hydroxylation is 2. The molecule has 6 heteroatoms. The van der Waals surface area contributed by atoms with Crippen LogP contribution in [0.5, 0.6) is 0 Å². The maximum atomic E-state index is 12.5. The lowest BCUT2D eigenvalue weighted by atomic mass is 9.97. The highest BCUT2D eigenvalue weighted by molar-refractivity contribution is 5.95. The molecule has 0 saturated carbocycles. The molecule has 6 nitrogen and oxygen atoms in total. The lowest BCUT2D eigenvalue weighted by Crippen LogP contribution is -2.52. The number of nitrogens with one attached hydrogen (secondary N) is 2. The number of carbonyl (C=O) groups excluding carboxylic acids is 2. The Morgan fingerprint density at radius 2 is 2.15 bits per heavy atom. The maximum Gasteiger partial charge on any atom is 0.337 e. The van der Waals surface area contributed by atoms with E-state index in [-0.39, 0.29) is 18.0 Å². The summed E-state index contributed by atoms with van der Waals surface area (Å²) in [6.45, 7) is 7.54. The van der Waals surface area contributed by atoms with Crippen LogP contribution in [0.4, 0.5) is 10.5 Å². The molecule has 140 valence electrons. The van der Waals surface area contributed by atoms with Crippen LogP contribution in [-0.2, 0) is 16.0 Å². The van der Waals surface area contributed by atoms with Gasteiger partial charge >= 0.3 is 12.0 Å². The van der Waals surface area contributed by atoms with Crippen molar-refractivity contribution in [2.24, 2.45) is 0 Å². The summed E-state index contributed by atoms with van der Waals surface area (Å²) in [5.41, 5.74) is 4.93. The van der Waals surface area contributed by atoms with Crippen molar-refractivity contribution in [1.82, 2.24) is 10.6 Å². The molecule has 1 aromatic carbocycles. The van der Waals surface area contributed by atoms with Crippen LogP contribution in [0.25, 0.3) is 0 Å². The molecule has 1 aromatic rings. The van der Waals surface area contributed by atoms with E-state index in [1.807, 2.05) is 6.92 Å². The number of hydrogen-bond acceptors (Lipinski definition) is 4. The van der Waals surface area contributed by atoms with Crippen LogP contribution in [0, 0.1) is 6.92 Å². The van der Waals surface area contributed by atoms with Crippen LogP contribution in [0.1, 0.15) is 37.8 Å². The number of urea groups is 1. The van der Waals surface area contributed by atoms with Crippen molar-refractivity contribution in [3.8, 4) is 0 Å². The molecule has 2 heterocycles. The van der Waals surface area contributed by atoms with Gasteiger partial charge in [-0.1, -0.05) is 24.6 Å². The molecule has 2 aliphatic rings. The van der Waals surface area contributed by atoms with E-state index in [4.69, 9.17) is 4.74 Å². The predicted octanol–water partition coefficient (Wildman–Crippen LogP) is 2.66. The molecule has 2 N–H and O–H groups in total. The molecular formula is C20H27N3O3. The molecule has 2 aliphatic heterocycles. The highest BCUT2D eigenvalue weighted by atomic mass is 16.5. The van der Waals surface area contributed by atoms with Gasteiger partial charge in [-0.25, -0.2) is 9.59 Å². The van der Waals surface area contributed by atoms with Crippen LogP contribution in [0.2, 0.25) is 0 Å². The molecule has 0 bridgehead atoms. The quantitative estimate of drug-likeness (QED) is 0.795. The minimum atomic E-state index is -0.358. The first kappa shape index (κ1) is 18.3. The molecule has 26 heavy (non-hydrogen) atoms. The summed E-state index contributed by atoms with van der Waals surface area (Å²) < 4.78 is 5.25. The summed E-state index contributed by atoms with van der Waals surface area (Å²) >= 11 is 0. The van der Waals surface area contributed by atoms with Gasteiger partial charge in [0.15, 0.2) is 0 Å². The van der Waals surface area contributed by atoms with E-state index in [9.17, 15) is 9.59 Å². The number of amides is 2. The van der Waals surface area contributed by atoms with Crippen LogP contribution in [0.15, 0.2) is 29.5 Å². The Bertz CT molecular complexity index is 742. The van der Waals surface area contributed by atoms with Gasteiger partial charge < -0.3 is 20.3 Å². The molecule has 0 fully saturated rings. The largest absolute Gasteiger partial charge is 0.463 e. The Morgan fingerprint density at radius 3 is 2.88 bits per heavy atom. The fourth-order valence-corrected chi connectivity index (χ4v) is 3.75. The summed E-state index contributed by atoms with van der Waals surface area (Å²) in [5, 5.41) is 5.67. The molecule has 0 radical (unpaired) electrons. The molecule has 1 atom stereocenters. The molecule has 0 aromatic heterocycles. The van der Waals surface area contributed by atoms with Crippen molar-refractivity contribution in [3.05, 3.63) is 40.6 Å². The topological polar surface area (TPSA) is 70.7 Å². The second-order valence-corrected chi connectivity index (χ2v) is 6.83. The second-order valence-electron chi connectivity index (χ2n) is 6.83. The molecular weight excluding hydrogens is 330 g/mol. The molecule has 1 unspecified atom stereocenters. The van der Waals surface area contributed by atoms with Gasteiger partial charge in [0.2, 0.25) is 0 Å². The average Bonchev–Trinajstić information content (AvgIpc) is 2.61. The third-order valence-corrected chi connectivity index (χ3v) is 4.95. The van der Waals surface area contributed by atoms with E-state index in [2.05, 4.69) is 40.7 Å². The van der Waals surface area contributed by atoms with Crippen molar-refractivity contribution in [3.63, 3.8) is 0 Å². The Labute approximate surface area is 154 Å². The zero-order valence-electron chi connectivity index (χ0n) is 15.7. The first-order valence-electron chi connectivity index (χ1n) is 9.35. The first-order valence-corrected chi connectivity index (χ1v) is 9.35. The van der Waals surface area contributed by atoms with Gasteiger partial charge in [-0.2, -0.15) is 0 Å². The molecule has 2 amide bonds. The predicted molar refractivity (Wildman–Crippen MR) is 101 cm³/mol. The molecule has 0 saturated heterocycles. The van der Waals surface area contributed by atoms with Crippen molar-refractivity contribution in [2.45, 2.75) is 46.1 Å². The van der Waals surface area contributed by atoms with Crippen LogP contribution >= 0.6 is 0 Å². The smallest absolute Gasteiger partial charge is 0.337 e. The van der Waals surface area contributed by atoms with Crippen LogP contribution < -0.4 is 15.5 Å². The lowest BCUT2D eigenvalue weighted by molar-refractivity contribution is -0.139. The van der Waals surface area contributed by atoms with E-state index >= 15 is 0 Å². The van der Waals surface area contributed by atoms with Crippen molar-refractivity contribution < 1.29 is 14.3 Å². The number of rotatable bonds is 5. The Hall–Kier alpha value is -2.50. The fourth-order valence-electron chi connectivity index (χ4n) is 3.75. The minimum Gasteiger partial charge on any atom is -0.463 e. The third-order valence-electron chi connectivity index (χ3n) is 4.95. The summed E-state index contributed by atoms with van der Waals surface area (Å²) in [6.07, 6.45) is 2.76. The van der Waals surface area contributed by atoms with E-state index in [1.54, 1.807) is 6.92 Å². The van der Waals surface area contributed by atoms with Gasteiger partial charge in [0, 0.05) is 12.2 Å². The zero-order valence-corrected chi connectivity index (χ0v) is 15.7. The summed E-state index contributed by atoms with van der Waals surface area (Å²) in [4.78, 5) is 26.8. The number of esters is 1. The van der Waals surface area contributed by atoms with E-state index in [0.29, 0.717) is 30.8 Å². The normalized spacial score (nSPS) is 19.6. The Kier molecular flexibility index (Phi) is 5.49. The zero-order chi connectivity index (χ0) is 18.7. The summed E-state index contributed by atoms with van der Waals surface area (Å²) in [5.74, 6) is -0.358. The van der Waals surface area contributed by atoms with Crippen molar-refractivity contribution in [2.75, 3.05) is 24.6 Å². The number of ether oxygens (including phenoxy) is 1. The van der Waals surface area contributed by atoms with Crippen LogP contribution in [0.3, 0.4) is 0 Å². The highest BCUT2D eigenvalue weighted by Crippen LogP contribution is 2.29. The number of hydrogen-bond donors (Lipinski definition) is 2. The second kappa shape index (κ2) is 7.81. The van der Waals surface area contributed by atoms with Crippen molar-refractivity contribution in [1.29, 1.82) is 0 Å². The van der Waals surface area contributed by atoms with Gasteiger partial charge in [0.1, 0.15) is 0 Å². The minimum absolute atomic E-state index is 0.263. The Balaban J connectivity index is 1.95. The molecule has 3 rings (SSSR count). The monoisotopic (exact) mass is 357 g/mol. The fraction of sp³-hybridized carbons (Fsp3) is 0.500. The number of fused-ring (bicyclic) bond motifs is 1. The van der Waals surface area contributed by atoms with Crippen molar-refractivity contribution >= 4 is 17.7 Å². The lowest BCUT2D eigenvalue weighted by Gasteiger charge is -2.35. The maximum absolute atomic E-state index is 12.5. The number of carbonyl (C=O) groups is 2. The average molecular weight is 357 g/mol. The summed E-state index contributed by atoms with van der Waals surface area (Å²) in [7, 11) is 0. The van der Waals surface area contributed by atoms with Gasteiger partial charge in [-0.15, -0.1) is 0 Å². The van der Waals surface area contributed by atoms with Gasteiger partial charge in [0.25, 0.3) is 0 Å². The molecule has 0 spiro atoms. The van der Waals surface area contributed by atoms with Gasteiger partial charge in [-0.3, -0.25) is 0 Å². The number of anilines is 1. The Morgan fingerprint density at radius 1 is 1.35 bits per heavy atom. The van der Waals surface area contributed by atoms with Crippen LogP contribution in [-0.4, -0.2) is 37.7 Å². The van der Waals surface area contributed by atoms with Gasteiger partial charge in [0.05, 0.1) is 30.5 Å².